The predicted molar refractivity (Wildman–Crippen MR) is 169 cm³/mol. The van der Waals surface area contributed by atoms with Crippen molar-refractivity contribution in [3.63, 3.8) is 0 Å². The summed E-state index contributed by atoms with van der Waals surface area (Å²) in [6, 6.07) is 8.58. The number of alkyl halides is 2. The molecule has 0 amide bonds. The second-order valence-corrected chi connectivity index (χ2v) is 13.1. The van der Waals surface area contributed by atoms with Crippen molar-refractivity contribution in [2.75, 3.05) is 37.7 Å². The molecule has 6 heterocycles. The molecule has 8 rings (SSSR count). The van der Waals surface area contributed by atoms with Crippen molar-refractivity contribution in [3.8, 4) is 29.6 Å². The zero-order valence-corrected chi connectivity index (χ0v) is 25.5. The normalized spacial score (nSPS) is 25.7. The van der Waals surface area contributed by atoms with Crippen molar-refractivity contribution in [1.29, 1.82) is 0 Å². The number of rotatable bonds is 7. The first-order valence-electron chi connectivity index (χ1n) is 15.7. The van der Waals surface area contributed by atoms with Gasteiger partial charge in [-0.2, -0.15) is 18.7 Å². The lowest BCUT2D eigenvalue weighted by molar-refractivity contribution is -0.159. The molecule has 2 aromatic heterocycles. The van der Waals surface area contributed by atoms with E-state index in [4.69, 9.17) is 20.9 Å². The van der Waals surface area contributed by atoms with Crippen LogP contribution in [0.3, 0.4) is 0 Å². The van der Waals surface area contributed by atoms with Gasteiger partial charge < -0.3 is 19.7 Å². The maximum Gasteiger partial charge on any atom is 0.345 e. The maximum absolute atomic E-state index is 16.8. The van der Waals surface area contributed by atoms with Crippen LogP contribution >= 0.6 is 0 Å². The van der Waals surface area contributed by atoms with E-state index in [9.17, 15) is 13.2 Å². The molecule has 0 saturated carbocycles. The van der Waals surface area contributed by atoms with Gasteiger partial charge in [0.05, 0.1) is 22.6 Å². The van der Waals surface area contributed by atoms with Gasteiger partial charge in [0.1, 0.15) is 29.5 Å². The molecule has 8 nitrogen and oxygen atoms in total. The lowest BCUT2D eigenvalue weighted by Gasteiger charge is -2.34. The monoisotopic (exact) mass is 644 g/mol. The third-order valence-corrected chi connectivity index (χ3v) is 10.0. The number of fused-ring (bicyclic) bond motifs is 5. The van der Waals surface area contributed by atoms with E-state index in [0.717, 1.165) is 18.4 Å². The topological polar surface area (TPSA) is 75.6 Å². The first kappa shape index (κ1) is 30.1. The number of piperazine rings is 1. The summed E-state index contributed by atoms with van der Waals surface area (Å²) in [6.07, 6.45) is 9.54. The van der Waals surface area contributed by atoms with E-state index < -0.39 is 29.9 Å². The molecule has 0 spiro atoms. The highest BCUT2D eigenvalue weighted by molar-refractivity contribution is 6.02. The lowest BCUT2D eigenvalue weighted by atomic mass is 9.93. The zero-order chi connectivity index (χ0) is 32.4. The number of ether oxygens (including phenoxy) is 2. The minimum atomic E-state index is -2.87. The number of benzene rings is 2. The molecule has 0 radical (unpaired) electrons. The van der Waals surface area contributed by atoms with Gasteiger partial charge in [-0.25, -0.2) is 8.78 Å². The number of aromatic nitrogens is 3. The van der Waals surface area contributed by atoms with Gasteiger partial charge in [-0.15, -0.1) is 6.42 Å². The molecule has 4 aliphatic rings. The number of halogens is 4. The summed E-state index contributed by atoms with van der Waals surface area (Å²) in [5, 5.41) is 5.05. The fourth-order valence-corrected chi connectivity index (χ4v) is 8.08. The molecule has 242 valence electrons. The zero-order valence-electron chi connectivity index (χ0n) is 25.5. The number of hydrogen-bond donors (Lipinski definition) is 1. The molecule has 4 fully saturated rings. The SMILES string of the molecule is C#Cc1c(F)ccc2cccc(-c3ncc4c(N5CC6CCC(C5)N6)nc(OC[C@]56CC(=C)CN5C[C@H](OC(F)F)C6)nc4c3F)c12. The molecule has 4 aliphatic heterocycles. The fraction of sp³-hybridized carbons (Fsp3) is 0.400. The molecule has 12 heteroatoms. The number of hydrogen-bond acceptors (Lipinski definition) is 8. The molecule has 1 N–H and O–H groups in total. The predicted octanol–water partition coefficient (Wildman–Crippen LogP) is 5.44. The summed E-state index contributed by atoms with van der Waals surface area (Å²) < 4.78 is 68.9. The molecule has 2 bridgehead atoms. The first-order chi connectivity index (χ1) is 22.7. The van der Waals surface area contributed by atoms with Crippen LogP contribution in [0.25, 0.3) is 32.9 Å². The van der Waals surface area contributed by atoms with E-state index in [1.54, 1.807) is 30.5 Å². The molecule has 4 saturated heterocycles. The van der Waals surface area contributed by atoms with Crippen LogP contribution in [0, 0.1) is 24.0 Å². The van der Waals surface area contributed by atoms with Gasteiger partial charge in [0, 0.05) is 55.4 Å². The highest BCUT2D eigenvalue weighted by Crippen LogP contribution is 2.43. The van der Waals surface area contributed by atoms with Crippen LogP contribution in [0.4, 0.5) is 23.4 Å². The minimum absolute atomic E-state index is 0.00654. The van der Waals surface area contributed by atoms with Gasteiger partial charge in [-0.1, -0.05) is 42.3 Å². The Balaban J connectivity index is 1.23. The molecule has 0 aliphatic carbocycles. The highest BCUT2D eigenvalue weighted by Gasteiger charge is 2.51. The molecule has 2 unspecified atom stereocenters. The number of pyridine rings is 1. The molecular formula is C35H32F4N6O2. The Bertz CT molecular complexity index is 1950. The fourth-order valence-electron chi connectivity index (χ4n) is 8.08. The van der Waals surface area contributed by atoms with E-state index >= 15 is 4.39 Å². The van der Waals surface area contributed by atoms with Crippen molar-refractivity contribution >= 4 is 27.5 Å². The Labute approximate surface area is 268 Å². The van der Waals surface area contributed by atoms with E-state index in [0.29, 0.717) is 66.6 Å². The van der Waals surface area contributed by atoms with Crippen LogP contribution in [-0.4, -0.2) is 83.0 Å². The van der Waals surface area contributed by atoms with Crippen LogP contribution in [-0.2, 0) is 4.74 Å². The molecule has 47 heavy (non-hydrogen) atoms. The van der Waals surface area contributed by atoms with Crippen molar-refractivity contribution in [2.24, 2.45) is 0 Å². The van der Waals surface area contributed by atoms with Crippen LogP contribution in [0.2, 0.25) is 0 Å². The van der Waals surface area contributed by atoms with Crippen LogP contribution < -0.4 is 15.0 Å². The van der Waals surface area contributed by atoms with E-state index in [1.165, 1.54) is 6.07 Å². The number of terminal acetylenes is 1. The minimum Gasteiger partial charge on any atom is -0.461 e. The summed E-state index contributed by atoms with van der Waals surface area (Å²) in [7, 11) is 0. The Morgan fingerprint density at radius 2 is 1.91 bits per heavy atom. The Kier molecular flexibility index (Phi) is 7.31. The second-order valence-electron chi connectivity index (χ2n) is 13.1. The molecule has 2 aromatic carbocycles. The van der Waals surface area contributed by atoms with Gasteiger partial charge in [-0.05, 0) is 37.1 Å². The van der Waals surface area contributed by atoms with Gasteiger partial charge in [0.15, 0.2) is 5.82 Å². The van der Waals surface area contributed by atoms with E-state index in [1.807, 2.05) is 0 Å². The van der Waals surface area contributed by atoms with Crippen molar-refractivity contribution in [2.45, 2.75) is 56.0 Å². The number of nitrogens with one attached hydrogen (secondary N) is 1. The summed E-state index contributed by atoms with van der Waals surface area (Å²) >= 11 is 0. The first-order valence-corrected chi connectivity index (χ1v) is 15.7. The second kappa shape index (κ2) is 11.4. The standard InChI is InChI=1S/C35H32F4N6O2/c1-3-24-27(36)10-7-20-5-4-6-25(28(20)24)30-29(37)31-26(13-40-30)32(44-15-21-8-9-22(16-44)41-21)43-34(42-31)46-18-35-11-19(2)14-45(35)17-23(12-35)47-33(38)39/h1,4-7,10,13,21-23,33,41H,2,8-9,11-12,14-18H2/t21?,22?,23-,35-/m1/s1. The third-order valence-electron chi connectivity index (χ3n) is 10.0. The average molecular weight is 645 g/mol. The summed E-state index contributed by atoms with van der Waals surface area (Å²) in [6.45, 7) is 3.56. The average Bonchev–Trinajstić information content (AvgIpc) is 3.66. The maximum atomic E-state index is 16.8. The largest absolute Gasteiger partial charge is 0.461 e. The lowest BCUT2D eigenvalue weighted by Crippen LogP contribution is -2.51. The Morgan fingerprint density at radius 1 is 1.11 bits per heavy atom. The molecule has 4 aromatic rings. The Morgan fingerprint density at radius 3 is 2.68 bits per heavy atom. The van der Waals surface area contributed by atoms with Gasteiger partial charge >= 0.3 is 12.6 Å². The smallest absolute Gasteiger partial charge is 0.345 e. The Hall–Kier alpha value is -4.31. The summed E-state index contributed by atoms with van der Waals surface area (Å²) in [4.78, 5) is 18.1. The summed E-state index contributed by atoms with van der Waals surface area (Å²) in [5.41, 5.74) is 0.695. The van der Waals surface area contributed by atoms with Crippen LogP contribution in [0.1, 0.15) is 31.2 Å². The van der Waals surface area contributed by atoms with E-state index in [-0.39, 0.29) is 41.5 Å². The molecule has 4 atom stereocenters. The van der Waals surface area contributed by atoms with Gasteiger partial charge in [0.2, 0.25) is 0 Å². The number of anilines is 1. The van der Waals surface area contributed by atoms with E-state index in [2.05, 4.69) is 37.6 Å². The van der Waals surface area contributed by atoms with Crippen molar-refractivity contribution in [1.82, 2.24) is 25.2 Å². The quantitative estimate of drug-likeness (QED) is 0.162. The van der Waals surface area contributed by atoms with Crippen molar-refractivity contribution in [3.05, 3.63) is 65.9 Å². The van der Waals surface area contributed by atoms with Gasteiger partial charge in [-0.3, -0.25) is 9.88 Å². The highest BCUT2D eigenvalue weighted by atomic mass is 19.3. The summed E-state index contributed by atoms with van der Waals surface area (Å²) in [5.74, 6) is 1.62. The van der Waals surface area contributed by atoms with Crippen LogP contribution in [0.15, 0.2) is 48.7 Å². The van der Waals surface area contributed by atoms with Gasteiger partial charge in [0.25, 0.3) is 0 Å². The third kappa shape index (κ3) is 5.17. The van der Waals surface area contributed by atoms with Crippen molar-refractivity contribution < 1.29 is 27.0 Å². The molecular weight excluding hydrogens is 612 g/mol. The number of nitrogens with zero attached hydrogens (tertiary/aromatic N) is 5. The van der Waals surface area contributed by atoms with Crippen LogP contribution in [0.5, 0.6) is 6.01 Å².